The second-order valence-electron chi connectivity index (χ2n) is 5.10. The van der Waals surface area contributed by atoms with Crippen molar-refractivity contribution in [3.8, 4) is 11.5 Å². The summed E-state index contributed by atoms with van der Waals surface area (Å²) in [5, 5.41) is 12.2. The molecule has 1 aromatic carbocycles. The molecule has 2 aromatic rings. The van der Waals surface area contributed by atoms with Crippen LogP contribution in [-0.4, -0.2) is 26.9 Å². The van der Waals surface area contributed by atoms with Gasteiger partial charge in [0.2, 0.25) is 16.8 Å². The van der Waals surface area contributed by atoms with Crippen LogP contribution < -0.4 is 14.2 Å². The van der Waals surface area contributed by atoms with E-state index in [4.69, 9.17) is 9.47 Å². The number of sulfonamides is 1. The van der Waals surface area contributed by atoms with Gasteiger partial charge in [0.05, 0.1) is 0 Å². The van der Waals surface area contributed by atoms with Gasteiger partial charge in [-0.3, -0.25) is 0 Å². The van der Waals surface area contributed by atoms with Crippen LogP contribution in [0.4, 0.5) is 0 Å². The quantitative estimate of drug-likeness (QED) is 0.864. The summed E-state index contributed by atoms with van der Waals surface area (Å²) in [7, 11) is -3.62. The van der Waals surface area contributed by atoms with Crippen molar-refractivity contribution in [3.05, 3.63) is 41.3 Å². The molecule has 6 nitrogen and oxygen atoms in total. The van der Waals surface area contributed by atoms with E-state index in [9.17, 15) is 13.5 Å². The van der Waals surface area contributed by atoms with Crippen molar-refractivity contribution in [1.82, 2.24) is 4.72 Å². The summed E-state index contributed by atoms with van der Waals surface area (Å²) in [5.74, 6) is 1.15. The lowest BCUT2D eigenvalue weighted by molar-refractivity contribution is 0.0625. The minimum atomic E-state index is -3.62. The van der Waals surface area contributed by atoms with E-state index in [1.54, 1.807) is 36.6 Å². The second kappa shape index (κ2) is 5.54. The second-order valence-corrected chi connectivity index (χ2v) is 8.04. The minimum Gasteiger partial charge on any atom is -0.454 e. The fourth-order valence-electron chi connectivity index (χ4n) is 2.06. The third-order valence-electron chi connectivity index (χ3n) is 3.36. The van der Waals surface area contributed by atoms with E-state index in [2.05, 4.69) is 4.72 Å². The average molecular weight is 341 g/mol. The first-order valence-electron chi connectivity index (χ1n) is 6.54. The summed E-state index contributed by atoms with van der Waals surface area (Å²) in [4.78, 5) is 0. The maximum atomic E-state index is 12.1. The number of rotatable bonds is 5. The monoisotopic (exact) mass is 341 g/mol. The molecule has 8 heteroatoms. The van der Waals surface area contributed by atoms with Crippen LogP contribution in [0.1, 0.15) is 12.5 Å². The van der Waals surface area contributed by atoms with E-state index in [0.717, 1.165) is 11.3 Å². The van der Waals surface area contributed by atoms with Crippen molar-refractivity contribution >= 4 is 21.4 Å². The zero-order valence-corrected chi connectivity index (χ0v) is 13.4. The molecule has 0 saturated heterocycles. The molecule has 1 aliphatic heterocycles. The lowest BCUT2D eigenvalue weighted by Crippen LogP contribution is -2.38. The third kappa shape index (κ3) is 2.95. The summed E-state index contributed by atoms with van der Waals surface area (Å²) in [6.45, 7) is 1.54. The maximum absolute atomic E-state index is 12.1. The Morgan fingerprint density at radius 1 is 1.32 bits per heavy atom. The van der Waals surface area contributed by atoms with Gasteiger partial charge in [-0.2, -0.15) is 0 Å². The molecule has 0 unspecified atom stereocenters. The molecular weight excluding hydrogens is 326 g/mol. The molecule has 0 spiro atoms. The number of hydrogen-bond donors (Lipinski definition) is 2. The van der Waals surface area contributed by atoms with Crippen molar-refractivity contribution in [2.24, 2.45) is 0 Å². The van der Waals surface area contributed by atoms with Crippen LogP contribution >= 0.6 is 11.3 Å². The number of benzene rings is 1. The number of thiophene rings is 1. The molecule has 0 fully saturated rings. The highest BCUT2D eigenvalue weighted by atomic mass is 32.2. The maximum Gasteiger partial charge on any atom is 0.250 e. The zero-order chi connectivity index (χ0) is 15.8. The van der Waals surface area contributed by atoms with Gasteiger partial charge in [-0.05, 0) is 36.1 Å². The van der Waals surface area contributed by atoms with Gasteiger partial charge in [-0.1, -0.05) is 12.1 Å². The zero-order valence-electron chi connectivity index (χ0n) is 11.8. The Morgan fingerprint density at radius 2 is 2.09 bits per heavy atom. The van der Waals surface area contributed by atoms with Gasteiger partial charge in [-0.25, -0.2) is 13.1 Å². The predicted octanol–water partition coefficient (Wildman–Crippen LogP) is 1.66. The predicted molar refractivity (Wildman–Crippen MR) is 81.6 cm³/mol. The number of hydrogen-bond acceptors (Lipinski definition) is 6. The fourth-order valence-corrected chi connectivity index (χ4v) is 4.23. The molecule has 1 atom stereocenters. The van der Waals surface area contributed by atoms with Crippen molar-refractivity contribution in [2.45, 2.75) is 16.7 Å². The number of ether oxygens (including phenoxy) is 2. The Labute approximate surface area is 132 Å². The fraction of sp³-hybridized carbons (Fsp3) is 0.286. The lowest BCUT2D eigenvalue weighted by Gasteiger charge is -2.24. The van der Waals surface area contributed by atoms with Crippen LogP contribution in [-0.2, 0) is 15.6 Å². The highest BCUT2D eigenvalue weighted by Gasteiger charge is 2.28. The molecule has 3 rings (SSSR count). The van der Waals surface area contributed by atoms with E-state index in [0.29, 0.717) is 17.1 Å². The molecule has 22 heavy (non-hydrogen) atoms. The van der Waals surface area contributed by atoms with Crippen molar-refractivity contribution in [3.63, 3.8) is 0 Å². The van der Waals surface area contributed by atoms with Crippen molar-refractivity contribution in [2.75, 3.05) is 13.3 Å². The van der Waals surface area contributed by atoms with E-state index in [1.807, 2.05) is 0 Å². The van der Waals surface area contributed by atoms with Gasteiger partial charge in [0, 0.05) is 6.54 Å². The highest BCUT2D eigenvalue weighted by molar-refractivity contribution is 7.91. The Morgan fingerprint density at radius 3 is 2.82 bits per heavy atom. The van der Waals surface area contributed by atoms with E-state index in [1.165, 1.54) is 6.07 Å². The van der Waals surface area contributed by atoms with Gasteiger partial charge in [-0.15, -0.1) is 11.3 Å². The molecule has 0 aliphatic carbocycles. The molecule has 0 saturated carbocycles. The Bertz CT molecular complexity index is 769. The van der Waals surface area contributed by atoms with Gasteiger partial charge in [0.1, 0.15) is 9.81 Å². The Kier molecular flexibility index (Phi) is 3.85. The van der Waals surface area contributed by atoms with Crippen molar-refractivity contribution in [1.29, 1.82) is 0 Å². The highest BCUT2D eigenvalue weighted by Crippen LogP contribution is 2.35. The van der Waals surface area contributed by atoms with E-state index in [-0.39, 0.29) is 17.5 Å². The molecular formula is C14H15NO5S2. The summed E-state index contributed by atoms with van der Waals surface area (Å²) in [6, 6.07) is 8.21. The van der Waals surface area contributed by atoms with Crippen LogP contribution in [0.2, 0.25) is 0 Å². The van der Waals surface area contributed by atoms with Crippen molar-refractivity contribution < 1.29 is 23.0 Å². The first-order chi connectivity index (χ1) is 10.4. The molecule has 0 radical (unpaired) electrons. The van der Waals surface area contributed by atoms with Crippen LogP contribution in [0.3, 0.4) is 0 Å². The van der Waals surface area contributed by atoms with Gasteiger partial charge in [0.25, 0.3) is 0 Å². The molecule has 118 valence electrons. The number of aliphatic hydroxyl groups is 1. The van der Waals surface area contributed by atoms with Crippen LogP contribution in [0.5, 0.6) is 11.5 Å². The van der Waals surface area contributed by atoms with Crippen LogP contribution in [0.25, 0.3) is 0 Å². The van der Waals surface area contributed by atoms with E-state index < -0.39 is 15.6 Å². The average Bonchev–Trinajstić information content (AvgIpc) is 3.15. The normalized spacial score (nSPS) is 16.5. The van der Waals surface area contributed by atoms with Gasteiger partial charge in [0.15, 0.2) is 11.5 Å². The lowest BCUT2D eigenvalue weighted by atomic mass is 9.96. The van der Waals surface area contributed by atoms with Gasteiger partial charge >= 0.3 is 0 Å². The largest absolute Gasteiger partial charge is 0.454 e. The summed E-state index contributed by atoms with van der Waals surface area (Å²) < 4.78 is 37.3. The van der Waals surface area contributed by atoms with Crippen LogP contribution in [0, 0.1) is 0 Å². The standard InChI is InChI=1S/C14H15NO5S2/c1-14(16,8-15-22(17,18)13-3-2-6-21-13)10-4-5-11-12(7-10)20-9-19-11/h2-7,15-16H,8-9H2,1H3/t14-/m0/s1. The Balaban J connectivity index is 1.76. The van der Waals surface area contributed by atoms with Crippen LogP contribution in [0.15, 0.2) is 39.9 Å². The van der Waals surface area contributed by atoms with Gasteiger partial charge < -0.3 is 14.6 Å². The number of nitrogens with one attached hydrogen (secondary N) is 1. The molecule has 2 heterocycles. The minimum absolute atomic E-state index is 0.145. The Hall–Kier alpha value is -1.61. The van der Waals surface area contributed by atoms with E-state index >= 15 is 0 Å². The summed E-state index contributed by atoms with van der Waals surface area (Å²) in [5.41, 5.74) is -0.823. The third-order valence-corrected chi connectivity index (χ3v) is 6.16. The first kappa shape index (κ1) is 15.3. The molecule has 1 aliphatic rings. The molecule has 0 amide bonds. The molecule has 2 N–H and O–H groups in total. The first-order valence-corrected chi connectivity index (χ1v) is 8.90. The number of fused-ring (bicyclic) bond motifs is 1. The summed E-state index contributed by atoms with van der Waals surface area (Å²) in [6.07, 6.45) is 0. The topological polar surface area (TPSA) is 84.9 Å². The molecule has 1 aromatic heterocycles. The SMILES string of the molecule is C[C@](O)(CNS(=O)(=O)c1cccs1)c1ccc2c(c1)OCO2. The smallest absolute Gasteiger partial charge is 0.250 e. The molecule has 0 bridgehead atoms. The summed E-state index contributed by atoms with van der Waals surface area (Å²) >= 11 is 1.12.